The second kappa shape index (κ2) is 11.8. The van der Waals surface area contributed by atoms with Gasteiger partial charge in [0, 0.05) is 31.0 Å². The monoisotopic (exact) mass is 494 g/mol. The average molecular weight is 495 g/mol. The van der Waals surface area contributed by atoms with Gasteiger partial charge in [0.05, 0.1) is 17.7 Å². The molecule has 2 heterocycles. The van der Waals surface area contributed by atoms with Crippen molar-refractivity contribution in [2.75, 3.05) is 23.3 Å². The minimum absolute atomic E-state index is 0.450. The average Bonchev–Trinajstić information content (AvgIpc) is 2.94. The first-order valence-electron chi connectivity index (χ1n) is 13.8. The van der Waals surface area contributed by atoms with Crippen molar-refractivity contribution in [2.45, 2.75) is 64.0 Å². The van der Waals surface area contributed by atoms with Gasteiger partial charge in [0.25, 0.3) is 0 Å². The molecule has 2 fully saturated rings. The quantitative estimate of drug-likeness (QED) is 0.372. The largest absolute Gasteiger partial charge is 0.389 e. The molecule has 1 saturated carbocycles. The van der Waals surface area contributed by atoms with Gasteiger partial charge in [-0.15, -0.1) is 0 Å². The molecule has 5 heteroatoms. The van der Waals surface area contributed by atoms with Gasteiger partial charge in [-0.2, -0.15) is 5.26 Å². The Bertz CT molecular complexity index is 1220. The number of piperidine rings is 1. The van der Waals surface area contributed by atoms with E-state index in [1.165, 1.54) is 50.6 Å². The van der Waals surface area contributed by atoms with Gasteiger partial charge in [-0.1, -0.05) is 31.0 Å². The van der Waals surface area contributed by atoms with Crippen LogP contribution in [0.2, 0.25) is 0 Å². The highest BCUT2D eigenvalue weighted by Crippen LogP contribution is 2.35. The highest BCUT2D eigenvalue weighted by molar-refractivity contribution is 5.67. The fourth-order valence-corrected chi connectivity index (χ4v) is 6.20. The fraction of sp³-hybridized carbons (Fsp3) is 0.438. The predicted molar refractivity (Wildman–Crippen MR) is 150 cm³/mol. The fourth-order valence-electron chi connectivity index (χ4n) is 6.20. The molecule has 0 amide bonds. The summed E-state index contributed by atoms with van der Waals surface area (Å²) < 4.78 is 0. The molecular weight excluding hydrogens is 456 g/mol. The molecule has 0 bridgehead atoms. The zero-order valence-corrected chi connectivity index (χ0v) is 21.8. The van der Waals surface area contributed by atoms with Crippen molar-refractivity contribution in [3.8, 4) is 17.2 Å². The maximum Gasteiger partial charge on any atom is 0.126 e. The number of aliphatic hydroxyl groups is 1. The standard InChI is InChI=1S/C32H38N4O/c1-23(37)26-8-4-9-27(19-26)28-15-16-34-32(20-28)35-31-10-3-2-7-29(31)18-25-6-5-17-36(22-25)30-13-11-24(21-33)12-14-30/h4,8-9,11-16,19-20,23,25,29,31,37H,2-3,5-7,10,17-18,22H2,1H3,(H,34,35)/t23-,25-,29+,31-/m1/s1. The summed E-state index contributed by atoms with van der Waals surface area (Å²) in [5, 5.41) is 22.9. The van der Waals surface area contributed by atoms with Crippen LogP contribution in [0, 0.1) is 23.2 Å². The van der Waals surface area contributed by atoms with Crippen LogP contribution in [0.3, 0.4) is 0 Å². The summed E-state index contributed by atoms with van der Waals surface area (Å²) in [6, 6.07) is 23.1. The van der Waals surface area contributed by atoms with E-state index in [1.807, 2.05) is 36.5 Å². The van der Waals surface area contributed by atoms with E-state index in [0.717, 1.165) is 41.2 Å². The van der Waals surface area contributed by atoms with Gasteiger partial charge in [0.2, 0.25) is 0 Å². The zero-order valence-electron chi connectivity index (χ0n) is 21.8. The van der Waals surface area contributed by atoms with Crippen molar-refractivity contribution in [1.82, 2.24) is 4.98 Å². The van der Waals surface area contributed by atoms with Gasteiger partial charge in [-0.25, -0.2) is 4.98 Å². The van der Waals surface area contributed by atoms with Crippen molar-refractivity contribution in [3.63, 3.8) is 0 Å². The van der Waals surface area contributed by atoms with Gasteiger partial charge in [-0.3, -0.25) is 0 Å². The summed E-state index contributed by atoms with van der Waals surface area (Å²) in [5.41, 5.74) is 5.12. The van der Waals surface area contributed by atoms with E-state index in [-0.39, 0.29) is 0 Å². The van der Waals surface area contributed by atoms with E-state index in [9.17, 15) is 5.11 Å². The molecule has 4 atom stereocenters. The summed E-state index contributed by atoms with van der Waals surface area (Å²) >= 11 is 0. The zero-order chi connectivity index (χ0) is 25.6. The molecule has 0 radical (unpaired) electrons. The normalized spacial score (nSPS) is 22.7. The first-order valence-corrected chi connectivity index (χ1v) is 13.8. The number of rotatable bonds is 7. The van der Waals surface area contributed by atoms with Crippen LogP contribution in [0.1, 0.15) is 69.1 Å². The van der Waals surface area contributed by atoms with Crippen molar-refractivity contribution in [3.05, 3.63) is 78.0 Å². The van der Waals surface area contributed by atoms with Gasteiger partial charge in [-0.05, 0) is 110 Å². The van der Waals surface area contributed by atoms with Crippen LogP contribution in [0.5, 0.6) is 0 Å². The third-order valence-corrected chi connectivity index (χ3v) is 8.22. The van der Waals surface area contributed by atoms with Crippen LogP contribution in [-0.2, 0) is 0 Å². The van der Waals surface area contributed by atoms with Crippen LogP contribution >= 0.6 is 0 Å². The van der Waals surface area contributed by atoms with Crippen molar-refractivity contribution in [2.24, 2.45) is 11.8 Å². The SMILES string of the molecule is C[C@@H](O)c1cccc(-c2ccnc(N[C@@H]3CCCC[C@H]3C[C@H]3CCCN(c4ccc(C#N)cc4)C3)c2)c1. The lowest BCUT2D eigenvalue weighted by atomic mass is 9.77. The number of aromatic nitrogens is 1. The van der Waals surface area contributed by atoms with Crippen LogP contribution in [0.25, 0.3) is 11.1 Å². The minimum Gasteiger partial charge on any atom is -0.389 e. The molecule has 1 aliphatic heterocycles. The Balaban J connectivity index is 1.25. The smallest absolute Gasteiger partial charge is 0.126 e. The highest BCUT2D eigenvalue weighted by Gasteiger charge is 2.30. The van der Waals surface area contributed by atoms with Gasteiger partial charge in [0.1, 0.15) is 5.82 Å². The lowest BCUT2D eigenvalue weighted by molar-refractivity contribution is 0.199. The summed E-state index contributed by atoms with van der Waals surface area (Å²) in [4.78, 5) is 7.18. The summed E-state index contributed by atoms with van der Waals surface area (Å²) in [6.07, 6.45) is 10.2. The third kappa shape index (κ3) is 6.32. The third-order valence-electron chi connectivity index (χ3n) is 8.22. The molecule has 3 aromatic rings. The summed E-state index contributed by atoms with van der Waals surface area (Å²) in [6.45, 7) is 4.00. The summed E-state index contributed by atoms with van der Waals surface area (Å²) in [7, 11) is 0. The molecule has 192 valence electrons. The molecule has 1 saturated heterocycles. The lowest BCUT2D eigenvalue weighted by Gasteiger charge is -2.39. The molecule has 2 aliphatic rings. The number of hydrogen-bond acceptors (Lipinski definition) is 5. The number of nitriles is 1. The molecule has 1 aliphatic carbocycles. The Hall–Kier alpha value is -3.36. The van der Waals surface area contributed by atoms with E-state index in [2.05, 4.69) is 51.6 Å². The second-order valence-corrected chi connectivity index (χ2v) is 10.9. The van der Waals surface area contributed by atoms with E-state index < -0.39 is 6.10 Å². The number of anilines is 2. The van der Waals surface area contributed by atoms with Gasteiger partial charge in [0.15, 0.2) is 0 Å². The number of benzene rings is 2. The van der Waals surface area contributed by atoms with Crippen LogP contribution < -0.4 is 10.2 Å². The van der Waals surface area contributed by atoms with Gasteiger partial charge < -0.3 is 15.3 Å². The maximum absolute atomic E-state index is 9.99. The Morgan fingerprint density at radius 2 is 1.84 bits per heavy atom. The Morgan fingerprint density at radius 1 is 1.03 bits per heavy atom. The van der Waals surface area contributed by atoms with Crippen molar-refractivity contribution < 1.29 is 5.11 Å². The highest BCUT2D eigenvalue weighted by atomic mass is 16.3. The molecule has 1 aromatic heterocycles. The molecule has 2 aromatic carbocycles. The van der Waals surface area contributed by atoms with Crippen LogP contribution in [-0.4, -0.2) is 29.2 Å². The van der Waals surface area contributed by atoms with E-state index in [4.69, 9.17) is 5.26 Å². The van der Waals surface area contributed by atoms with E-state index in [1.54, 1.807) is 6.92 Å². The first-order chi connectivity index (χ1) is 18.1. The van der Waals surface area contributed by atoms with Crippen molar-refractivity contribution in [1.29, 1.82) is 5.26 Å². The van der Waals surface area contributed by atoms with E-state index >= 15 is 0 Å². The predicted octanol–water partition coefficient (Wildman–Crippen LogP) is 6.95. The second-order valence-electron chi connectivity index (χ2n) is 10.9. The van der Waals surface area contributed by atoms with Gasteiger partial charge >= 0.3 is 0 Å². The molecule has 0 spiro atoms. The Kier molecular flexibility index (Phi) is 8.06. The maximum atomic E-state index is 9.99. The topological polar surface area (TPSA) is 72.2 Å². The molecule has 2 N–H and O–H groups in total. The number of nitrogens with one attached hydrogen (secondary N) is 1. The van der Waals surface area contributed by atoms with Crippen molar-refractivity contribution >= 4 is 11.5 Å². The first kappa shape index (κ1) is 25.3. The Morgan fingerprint density at radius 3 is 2.65 bits per heavy atom. The number of pyridine rings is 1. The summed E-state index contributed by atoms with van der Waals surface area (Å²) in [5.74, 6) is 2.29. The minimum atomic E-state index is -0.477. The number of nitrogens with zero attached hydrogens (tertiary/aromatic N) is 3. The number of aliphatic hydroxyl groups excluding tert-OH is 1. The molecule has 5 rings (SSSR count). The number of hydrogen-bond donors (Lipinski definition) is 2. The lowest BCUT2D eigenvalue weighted by Crippen LogP contribution is -2.39. The molecular formula is C32H38N4O. The van der Waals surface area contributed by atoms with Crippen LogP contribution in [0.4, 0.5) is 11.5 Å². The molecule has 5 nitrogen and oxygen atoms in total. The van der Waals surface area contributed by atoms with Crippen LogP contribution in [0.15, 0.2) is 66.9 Å². The molecule has 0 unspecified atom stereocenters. The molecule has 37 heavy (non-hydrogen) atoms. The Labute approximate surface area is 221 Å². The van der Waals surface area contributed by atoms with E-state index in [0.29, 0.717) is 17.9 Å².